The molecule has 1 saturated heterocycles. The molecule has 1 unspecified atom stereocenters. The van der Waals surface area contributed by atoms with Gasteiger partial charge in [0.15, 0.2) is 5.96 Å². The number of hydrogen-bond donors (Lipinski definition) is 2. The van der Waals surface area contributed by atoms with Gasteiger partial charge in [-0.15, -0.1) is 35.3 Å². The Kier molecular flexibility index (Phi) is 8.76. The molecule has 1 aromatic rings. The molecular weight excluding hydrogens is 457 g/mol. The van der Waals surface area contributed by atoms with Crippen molar-refractivity contribution in [1.82, 2.24) is 10.6 Å². The molecule has 1 aliphatic heterocycles. The van der Waals surface area contributed by atoms with Gasteiger partial charge in [0.05, 0.1) is 3.79 Å². The number of hydrogen-bond acceptors (Lipinski definition) is 3. The third-order valence-electron chi connectivity index (χ3n) is 2.83. The molecule has 0 aromatic carbocycles. The minimum Gasteiger partial charge on any atom is -0.355 e. The zero-order valence-electron chi connectivity index (χ0n) is 10.8. The average Bonchev–Trinajstić information content (AvgIpc) is 3.01. The second-order valence-electron chi connectivity index (χ2n) is 4.20. The van der Waals surface area contributed by atoms with Crippen molar-refractivity contribution in [3.63, 3.8) is 0 Å². The van der Waals surface area contributed by atoms with Crippen LogP contribution in [0.15, 0.2) is 20.2 Å². The van der Waals surface area contributed by atoms with Crippen LogP contribution >= 0.6 is 63.0 Å². The third kappa shape index (κ3) is 6.22. The Hall–Kier alpha value is 0.530. The van der Waals surface area contributed by atoms with Gasteiger partial charge in [-0.3, -0.25) is 4.99 Å². The van der Waals surface area contributed by atoms with Gasteiger partial charge in [0, 0.05) is 25.4 Å². The highest BCUT2D eigenvalue weighted by molar-refractivity contribution is 14.0. The van der Waals surface area contributed by atoms with Crippen molar-refractivity contribution in [2.75, 3.05) is 19.3 Å². The molecule has 1 fully saturated rings. The summed E-state index contributed by atoms with van der Waals surface area (Å²) in [5, 5.41) is 9.64. The monoisotopic (exact) mass is 475 g/mol. The van der Waals surface area contributed by atoms with Crippen molar-refractivity contribution < 1.29 is 0 Å². The first-order valence-electron chi connectivity index (χ1n) is 6.07. The van der Waals surface area contributed by atoms with Crippen LogP contribution in [0.25, 0.3) is 0 Å². The number of nitrogens with zero attached hydrogens (tertiary/aromatic N) is 1. The van der Waals surface area contributed by atoms with Gasteiger partial charge in [0.1, 0.15) is 0 Å². The lowest BCUT2D eigenvalue weighted by atomic mass is 10.2. The molecule has 3 nitrogen and oxygen atoms in total. The number of thioether (sulfide) groups is 1. The van der Waals surface area contributed by atoms with E-state index in [0.29, 0.717) is 0 Å². The largest absolute Gasteiger partial charge is 0.355 e. The van der Waals surface area contributed by atoms with Crippen molar-refractivity contribution >= 4 is 69.0 Å². The highest BCUT2D eigenvalue weighted by Gasteiger charge is 2.15. The van der Waals surface area contributed by atoms with Crippen molar-refractivity contribution in [3.8, 4) is 0 Å². The van der Waals surface area contributed by atoms with Crippen molar-refractivity contribution in [2.24, 2.45) is 4.99 Å². The van der Waals surface area contributed by atoms with Crippen LogP contribution in [0.1, 0.15) is 18.4 Å². The van der Waals surface area contributed by atoms with Gasteiger partial charge in [-0.1, -0.05) is 0 Å². The lowest BCUT2D eigenvalue weighted by Crippen LogP contribution is -2.39. The summed E-state index contributed by atoms with van der Waals surface area (Å²) in [4.78, 5) is 4.25. The summed E-state index contributed by atoms with van der Waals surface area (Å²) in [6, 6.07) is 2.14. The summed E-state index contributed by atoms with van der Waals surface area (Å²) >= 11 is 7.25. The van der Waals surface area contributed by atoms with Gasteiger partial charge in [-0.2, -0.15) is 11.8 Å². The molecule has 19 heavy (non-hydrogen) atoms. The zero-order chi connectivity index (χ0) is 12.8. The Labute approximate surface area is 148 Å². The molecule has 2 rings (SSSR count). The maximum absolute atomic E-state index is 4.25. The SMILES string of the molecule is CN=C(NCc1csc(Br)c1)NCC1CCCS1.I. The Morgan fingerprint density at radius 1 is 1.53 bits per heavy atom. The fraction of sp³-hybridized carbons (Fsp3) is 0.583. The van der Waals surface area contributed by atoms with Crippen LogP contribution in [-0.2, 0) is 6.54 Å². The van der Waals surface area contributed by atoms with Crippen LogP contribution < -0.4 is 10.6 Å². The second-order valence-corrected chi connectivity index (χ2v) is 7.90. The fourth-order valence-electron chi connectivity index (χ4n) is 1.86. The summed E-state index contributed by atoms with van der Waals surface area (Å²) in [7, 11) is 1.82. The summed E-state index contributed by atoms with van der Waals surface area (Å²) in [6.45, 7) is 1.83. The molecule has 1 aromatic heterocycles. The van der Waals surface area contributed by atoms with E-state index in [4.69, 9.17) is 0 Å². The maximum atomic E-state index is 4.25. The van der Waals surface area contributed by atoms with Crippen molar-refractivity contribution in [1.29, 1.82) is 0 Å². The first-order chi connectivity index (χ1) is 8.78. The Bertz CT molecular complexity index is 405. The number of halogens is 2. The van der Waals surface area contributed by atoms with Crippen LogP contribution in [0.2, 0.25) is 0 Å². The van der Waals surface area contributed by atoms with Crippen molar-refractivity contribution in [3.05, 3.63) is 20.8 Å². The summed E-state index contributed by atoms with van der Waals surface area (Å²) in [5.41, 5.74) is 1.28. The van der Waals surface area contributed by atoms with Crippen LogP contribution in [-0.4, -0.2) is 30.6 Å². The average molecular weight is 476 g/mol. The van der Waals surface area contributed by atoms with Gasteiger partial charge in [0.25, 0.3) is 0 Å². The first-order valence-corrected chi connectivity index (χ1v) is 8.79. The van der Waals surface area contributed by atoms with Gasteiger partial charge in [-0.05, 0) is 51.5 Å². The first kappa shape index (κ1) is 17.6. The molecule has 7 heteroatoms. The molecule has 0 amide bonds. The third-order valence-corrected chi connectivity index (χ3v) is 5.78. The second kappa shape index (κ2) is 9.46. The zero-order valence-corrected chi connectivity index (χ0v) is 16.4. The standard InChI is InChI=1S/C12H18BrN3S2.HI/c1-14-12(16-7-10-3-2-4-17-10)15-6-9-5-11(13)18-8-9;/h5,8,10H,2-4,6-7H2,1H3,(H2,14,15,16);1H. The predicted molar refractivity (Wildman–Crippen MR) is 101 cm³/mol. The smallest absolute Gasteiger partial charge is 0.191 e. The number of guanidine groups is 1. The Morgan fingerprint density at radius 2 is 2.37 bits per heavy atom. The molecule has 0 bridgehead atoms. The molecule has 0 saturated carbocycles. The number of aliphatic imine (C=N–C) groups is 1. The molecular formula is C12H19BrIN3S2. The Balaban J connectivity index is 0.00000180. The molecule has 0 aliphatic carbocycles. The van der Waals surface area contributed by atoms with Gasteiger partial charge < -0.3 is 10.6 Å². The van der Waals surface area contributed by atoms with Crippen molar-refractivity contribution in [2.45, 2.75) is 24.6 Å². The van der Waals surface area contributed by atoms with E-state index in [1.807, 2.05) is 7.05 Å². The molecule has 1 aliphatic rings. The molecule has 2 heterocycles. The van der Waals surface area contributed by atoms with Crippen LogP contribution in [0.4, 0.5) is 0 Å². The van der Waals surface area contributed by atoms with Gasteiger partial charge in [0.2, 0.25) is 0 Å². The van der Waals surface area contributed by atoms with Gasteiger partial charge in [-0.25, -0.2) is 0 Å². The summed E-state index contributed by atoms with van der Waals surface area (Å²) < 4.78 is 1.17. The Morgan fingerprint density at radius 3 is 2.95 bits per heavy atom. The molecule has 2 N–H and O–H groups in total. The normalized spacial score (nSPS) is 19.1. The number of nitrogens with one attached hydrogen (secondary N) is 2. The lowest BCUT2D eigenvalue weighted by molar-refractivity contribution is 0.726. The number of thiophene rings is 1. The quantitative estimate of drug-likeness (QED) is 0.396. The highest BCUT2D eigenvalue weighted by atomic mass is 127. The molecule has 0 spiro atoms. The topological polar surface area (TPSA) is 36.4 Å². The van der Waals surface area contributed by atoms with E-state index in [0.717, 1.165) is 24.3 Å². The minimum atomic E-state index is 0. The van der Waals surface area contributed by atoms with E-state index in [2.05, 4.69) is 54.8 Å². The summed E-state index contributed by atoms with van der Waals surface area (Å²) in [5.74, 6) is 2.20. The van der Waals surface area contributed by atoms with E-state index in [1.165, 1.54) is 27.9 Å². The molecule has 0 radical (unpaired) electrons. The maximum Gasteiger partial charge on any atom is 0.191 e. The van der Waals surface area contributed by atoms with Crippen LogP contribution in [0, 0.1) is 0 Å². The van der Waals surface area contributed by atoms with E-state index >= 15 is 0 Å². The lowest BCUT2D eigenvalue weighted by Gasteiger charge is -2.14. The summed E-state index contributed by atoms with van der Waals surface area (Å²) in [6.07, 6.45) is 2.68. The van der Waals surface area contributed by atoms with E-state index < -0.39 is 0 Å². The van der Waals surface area contributed by atoms with Gasteiger partial charge >= 0.3 is 0 Å². The molecule has 108 valence electrons. The number of rotatable bonds is 4. The van der Waals surface area contributed by atoms with E-state index in [9.17, 15) is 0 Å². The predicted octanol–water partition coefficient (Wildman–Crippen LogP) is 3.69. The molecule has 1 atom stereocenters. The fourth-order valence-corrected chi connectivity index (χ4v) is 4.27. The van der Waals surface area contributed by atoms with Crippen LogP contribution in [0.5, 0.6) is 0 Å². The highest BCUT2D eigenvalue weighted by Crippen LogP contribution is 2.25. The van der Waals surface area contributed by atoms with E-state index in [-0.39, 0.29) is 24.0 Å². The van der Waals surface area contributed by atoms with Crippen LogP contribution in [0.3, 0.4) is 0 Å². The minimum absolute atomic E-state index is 0. The van der Waals surface area contributed by atoms with E-state index in [1.54, 1.807) is 11.3 Å².